The summed E-state index contributed by atoms with van der Waals surface area (Å²) in [5, 5.41) is 17.2. The van der Waals surface area contributed by atoms with E-state index in [-0.39, 0.29) is 24.6 Å². The number of halogens is 1. The second kappa shape index (κ2) is 6.54. The molecule has 2 unspecified atom stereocenters. The Hall–Kier alpha value is -1.14. The van der Waals surface area contributed by atoms with Gasteiger partial charge < -0.3 is 15.6 Å². The van der Waals surface area contributed by atoms with E-state index in [4.69, 9.17) is 27.5 Å². The van der Waals surface area contributed by atoms with Gasteiger partial charge in [-0.05, 0) is 18.6 Å². The van der Waals surface area contributed by atoms with E-state index in [1.165, 1.54) is 0 Å². The van der Waals surface area contributed by atoms with Crippen LogP contribution in [-0.2, 0) is 11.3 Å². The van der Waals surface area contributed by atoms with Gasteiger partial charge in [-0.25, -0.2) is 0 Å². The minimum atomic E-state index is -0.138. The van der Waals surface area contributed by atoms with Gasteiger partial charge in [0.2, 0.25) is 0 Å². The van der Waals surface area contributed by atoms with E-state index in [0.717, 1.165) is 5.56 Å². The minimum Gasteiger partial charge on any atom is -0.394 e. The maximum absolute atomic E-state index is 9.20. The molecule has 1 aliphatic heterocycles. The number of nitrogens with one attached hydrogen (secondary N) is 1. The number of hydrogen-bond donors (Lipinski definition) is 3. The zero-order valence-corrected chi connectivity index (χ0v) is 12.2. The standard InChI is InChI=1S/C14H20ClN3O2/c1-9-8-20-12(7-19)6-18(9)5-11-3-2-10(14(16)17)4-13(11)15/h2-4,9,12,19H,5-8H2,1H3,(H3,16,17). The number of hydrogen-bond acceptors (Lipinski definition) is 4. The fourth-order valence-corrected chi connectivity index (χ4v) is 2.51. The van der Waals surface area contributed by atoms with Crippen molar-refractivity contribution < 1.29 is 9.84 Å². The molecular weight excluding hydrogens is 278 g/mol. The van der Waals surface area contributed by atoms with Crippen molar-refractivity contribution in [3.63, 3.8) is 0 Å². The monoisotopic (exact) mass is 297 g/mol. The summed E-state index contributed by atoms with van der Waals surface area (Å²) in [6.07, 6.45) is -0.138. The topological polar surface area (TPSA) is 82.6 Å². The molecule has 5 nitrogen and oxygen atoms in total. The lowest BCUT2D eigenvalue weighted by Gasteiger charge is -2.37. The Morgan fingerprint density at radius 3 is 2.95 bits per heavy atom. The number of rotatable bonds is 4. The quantitative estimate of drug-likeness (QED) is 0.576. The molecule has 1 aliphatic rings. The number of aliphatic hydroxyl groups is 1. The zero-order valence-electron chi connectivity index (χ0n) is 11.5. The number of aliphatic hydroxyl groups excluding tert-OH is 1. The average molecular weight is 298 g/mol. The third kappa shape index (κ3) is 3.49. The van der Waals surface area contributed by atoms with E-state index in [1.807, 2.05) is 6.07 Å². The minimum absolute atomic E-state index is 0.0125. The van der Waals surface area contributed by atoms with Crippen molar-refractivity contribution in [2.75, 3.05) is 19.8 Å². The largest absolute Gasteiger partial charge is 0.394 e. The van der Waals surface area contributed by atoms with Crippen molar-refractivity contribution >= 4 is 17.4 Å². The third-order valence-electron chi connectivity index (χ3n) is 3.58. The van der Waals surface area contributed by atoms with E-state index in [2.05, 4.69) is 11.8 Å². The Bertz CT molecular complexity index is 495. The van der Waals surface area contributed by atoms with Crippen molar-refractivity contribution in [2.24, 2.45) is 5.73 Å². The van der Waals surface area contributed by atoms with Crippen LogP contribution in [-0.4, -0.2) is 47.7 Å². The smallest absolute Gasteiger partial charge is 0.122 e. The molecule has 1 saturated heterocycles. The molecule has 0 bridgehead atoms. The fraction of sp³-hybridized carbons (Fsp3) is 0.500. The Morgan fingerprint density at radius 1 is 1.60 bits per heavy atom. The molecule has 1 heterocycles. The molecule has 0 aromatic heterocycles. The SMILES string of the molecule is CC1COC(CO)CN1Cc1ccc(C(=N)N)cc1Cl. The Balaban J connectivity index is 2.10. The summed E-state index contributed by atoms with van der Waals surface area (Å²) >= 11 is 6.25. The molecule has 6 heteroatoms. The highest BCUT2D eigenvalue weighted by Crippen LogP contribution is 2.22. The van der Waals surface area contributed by atoms with E-state index in [0.29, 0.717) is 30.3 Å². The summed E-state index contributed by atoms with van der Waals surface area (Å²) < 4.78 is 5.52. The van der Waals surface area contributed by atoms with Crippen LogP contribution in [0.2, 0.25) is 5.02 Å². The number of amidine groups is 1. The summed E-state index contributed by atoms with van der Waals surface area (Å²) in [6.45, 7) is 4.10. The highest BCUT2D eigenvalue weighted by molar-refractivity contribution is 6.31. The predicted molar refractivity (Wildman–Crippen MR) is 79.2 cm³/mol. The number of nitrogen functional groups attached to an aromatic ring is 1. The lowest BCUT2D eigenvalue weighted by molar-refractivity contribution is -0.0805. The molecule has 0 aliphatic carbocycles. The molecule has 2 rings (SSSR count). The van der Waals surface area contributed by atoms with Gasteiger partial charge in [-0.15, -0.1) is 0 Å². The highest BCUT2D eigenvalue weighted by Gasteiger charge is 2.26. The third-order valence-corrected chi connectivity index (χ3v) is 3.93. The molecule has 1 aromatic carbocycles. The Morgan fingerprint density at radius 2 is 2.35 bits per heavy atom. The molecule has 4 N–H and O–H groups in total. The van der Waals surface area contributed by atoms with Gasteiger partial charge in [-0.2, -0.15) is 0 Å². The first-order chi connectivity index (χ1) is 9.51. The molecule has 1 fully saturated rings. The predicted octanol–water partition coefficient (Wildman–Crippen LogP) is 1.21. The zero-order chi connectivity index (χ0) is 14.7. The van der Waals surface area contributed by atoms with Gasteiger partial charge in [0.1, 0.15) is 5.84 Å². The van der Waals surface area contributed by atoms with E-state index in [9.17, 15) is 5.11 Å². The summed E-state index contributed by atoms with van der Waals surface area (Å²) in [7, 11) is 0. The van der Waals surface area contributed by atoms with E-state index < -0.39 is 0 Å². The van der Waals surface area contributed by atoms with Crippen LogP contribution >= 0.6 is 11.6 Å². The van der Waals surface area contributed by atoms with Gasteiger partial charge in [0, 0.05) is 29.7 Å². The van der Waals surface area contributed by atoms with Crippen LogP contribution in [0.3, 0.4) is 0 Å². The Labute approximate surface area is 123 Å². The van der Waals surface area contributed by atoms with Gasteiger partial charge >= 0.3 is 0 Å². The Kier molecular flexibility index (Phi) is 4.99. The molecule has 0 spiro atoms. The lowest BCUT2D eigenvalue weighted by atomic mass is 10.1. The van der Waals surface area contributed by atoms with Crippen molar-refractivity contribution in [3.8, 4) is 0 Å². The second-order valence-corrected chi connectivity index (χ2v) is 5.54. The number of nitrogens with zero attached hydrogens (tertiary/aromatic N) is 1. The maximum Gasteiger partial charge on any atom is 0.122 e. The number of morpholine rings is 1. The van der Waals surface area contributed by atoms with Crippen molar-refractivity contribution in [2.45, 2.75) is 25.6 Å². The number of ether oxygens (including phenoxy) is 1. The second-order valence-electron chi connectivity index (χ2n) is 5.14. The average Bonchev–Trinajstić information content (AvgIpc) is 2.43. The maximum atomic E-state index is 9.20. The van der Waals surface area contributed by atoms with Gasteiger partial charge in [0.25, 0.3) is 0 Å². The van der Waals surface area contributed by atoms with Crippen LogP contribution in [0.1, 0.15) is 18.1 Å². The van der Waals surface area contributed by atoms with Crippen LogP contribution in [0.4, 0.5) is 0 Å². The van der Waals surface area contributed by atoms with Crippen LogP contribution < -0.4 is 5.73 Å². The van der Waals surface area contributed by atoms with E-state index in [1.54, 1.807) is 12.1 Å². The van der Waals surface area contributed by atoms with Gasteiger partial charge in [0.15, 0.2) is 0 Å². The first-order valence-electron chi connectivity index (χ1n) is 6.60. The van der Waals surface area contributed by atoms with Gasteiger partial charge in [-0.1, -0.05) is 23.7 Å². The summed E-state index contributed by atoms with van der Waals surface area (Å²) in [6, 6.07) is 5.70. The molecule has 0 radical (unpaired) electrons. The summed E-state index contributed by atoms with van der Waals surface area (Å²) in [5.41, 5.74) is 7.06. The summed E-state index contributed by atoms with van der Waals surface area (Å²) in [5.74, 6) is 0.0125. The molecule has 1 aromatic rings. The van der Waals surface area contributed by atoms with Crippen molar-refractivity contribution in [3.05, 3.63) is 34.3 Å². The van der Waals surface area contributed by atoms with Crippen LogP contribution in [0.25, 0.3) is 0 Å². The number of benzene rings is 1. The summed E-state index contributed by atoms with van der Waals surface area (Å²) in [4.78, 5) is 2.24. The van der Waals surface area contributed by atoms with Crippen LogP contribution in [0.5, 0.6) is 0 Å². The van der Waals surface area contributed by atoms with Crippen molar-refractivity contribution in [1.82, 2.24) is 4.90 Å². The van der Waals surface area contributed by atoms with E-state index >= 15 is 0 Å². The molecule has 20 heavy (non-hydrogen) atoms. The molecule has 0 amide bonds. The normalized spacial score (nSPS) is 23.8. The van der Waals surface area contributed by atoms with Gasteiger partial charge in [-0.3, -0.25) is 10.3 Å². The van der Waals surface area contributed by atoms with Crippen LogP contribution in [0, 0.1) is 5.41 Å². The van der Waals surface area contributed by atoms with Crippen LogP contribution in [0.15, 0.2) is 18.2 Å². The molecule has 0 saturated carbocycles. The van der Waals surface area contributed by atoms with Gasteiger partial charge in [0.05, 0.1) is 19.3 Å². The first kappa shape index (κ1) is 15.3. The molecule has 110 valence electrons. The first-order valence-corrected chi connectivity index (χ1v) is 6.98. The van der Waals surface area contributed by atoms with Crippen molar-refractivity contribution in [1.29, 1.82) is 5.41 Å². The highest BCUT2D eigenvalue weighted by atomic mass is 35.5. The molecule has 2 atom stereocenters. The number of nitrogens with two attached hydrogens (primary N) is 1. The fourth-order valence-electron chi connectivity index (χ4n) is 2.27. The lowest BCUT2D eigenvalue weighted by Crippen LogP contribution is -2.48. The molecular formula is C14H20ClN3O2.